The molecule has 0 spiro atoms. The van der Waals surface area contributed by atoms with Crippen molar-refractivity contribution in [2.45, 2.75) is 63.8 Å². The number of fused-ring (bicyclic) bond motifs is 3. The Bertz CT molecular complexity index is 1080. The number of thioether (sulfide) groups is 1. The predicted molar refractivity (Wildman–Crippen MR) is 111 cm³/mol. The predicted octanol–water partition coefficient (Wildman–Crippen LogP) is 2.95. The molecule has 3 aromatic rings. The first-order chi connectivity index (χ1) is 13.5. The van der Waals surface area contributed by atoms with Crippen molar-refractivity contribution in [2.24, 2.45) is 0 Å². The Hall–Kier alpha value is -2.35. The normalized spacial score (nSPS) is 20.2. The lowest BCUT2D eigenvalue weighted by Gasteiger charge is -2.39. The van der Waals surface area contributed by atoms with Gasteiger partial charge in [0.25, 0.3) is 5.56 Å². The van der Waals surface area contributed by atoms with E-state index in [0.29, 0.717) is 28.6 Å². The first-order valence-electron chi connectivity index (χ1n) is 9.83. The van der Waals surface area contributed by atoms with E-state index in [-0.39, 0.29) is 23.6 Å². The van der Waals surface area contributed by atoms with E-state index in [0.717, 1.165) is 18.4 Å². The Balaban J connectivity index is 1.69. The molecule has 8 heteroatoms. The number of nitrogens with zero attached hydrogens (tertiary/aromatic N) is 5. The molecule has 1 saturated heterocycles. The Labute approximate surface area is 167 Å². The number of para-hydroxylation sites is 1. The molecule has 2 atom stereocenters. The van der Waals surface area contributed by atoms with Gasteiger partial charge in [-0.3, -0.25) is 18.6 Å². The summed E-state index contributed by atoms with van der Waals surface area (Å²) in [5, 5.41) is 9.81. The molecule has 0 N–H and O–H groups in total. The molecule has 1 aromatic carbocycles. The Kier molecular flexibility index (Phi) is 5.14. The van der Waals surface area contributed by atoms with Gasteiger partial charge in [0.15, 0.2) is 5.16 Å². The van der Waals surface area contributed by atoms with Gasteiger partial charge in [0.1, 0.15) is 0 Å². The zero-order chi connectivity index (χ0) is 19.8. The highest BCUT2D eigenvalue weighted by atomic mass is 32.2. The summed E-state index contributed by atoms with van der Waals surface area (Å²) in [4.78, 5) is 27.6. The van der Waals surface area contributed by atoms with Gasteiger partial charge in [-0.1, -0.05) is 23.9 Å². The molecule has 0 bridgehead atoms. The van der Waals surface area contributed by atoms with Gasteiger partial charge in [0, 0.05) is 18.6 Å². The molecule has 3 heterocycles. The number of likely N-dealkylation sites (tertiary alicyclic amines) is 1. The van der Waals surface area contributed by atoms with Crippen LogP contribution in [0.4, 0.5) is 0 Å². The molecule has 4 rings (SSSR count). The van der Waals surface area contributed by atoms with E-state index >= 15 is 0 Å². The molecule has 1 aliphatic heterocycles. The standard InChI is InChI=1S/C20H25N5O2S/c1-4-23-18(27)15-10-5-6-11-16(15)25-19(23)21-22-20(25)28-12-17(26)24-13(2)8-7-9-14(24)3/h5-6,10-11,13-14H,4,7-9,12H2,1-3H3/t13-,14+. The molecule has 0 aliphatic carbocycles. The average Bonchev–Trinajstić information content (AvgIpc) is 3.10. The van der Waals surface area contributed by atoms with Gasteiger partial charge >= 0.3 is 0 Å². The van der Waals surface area contributed by atoms with E-state index in [1.807, 2.05) is 40.5 Å². The molecule has 0 radical (unpaired) electrons. The lowest BCUT2D eigenvalue weighted by molar-refractivity contribution is -0.134. The Morgan fingerprint density at radius 1 is 1.18 bits per heavy atom. The van der Waals surface area contributed by atoms with Crippen molar-refractivity contribution >= 4 is 34.3 Å². The molecule has 28 heavy (non-hydrogen) atoms. The van der Waals surface area contributed by atoms with Gasteiger partial charge in [-0.15, -0.1) is 10.2 Å². The summed E-state index contributed by atoms with van der Waals surface area (Å²) in [6, 6.07) is 8.02. The molecule has 1 aliphatic rings. The van der Waals surface area contributed by atoms with Gasteiger partial charge < -0.3 is 4.90 Å². The summed E-state index contributed by atoms with van der Waals surface area (Å²) in [6.45, 7) is 6.67. The number of aryl methyl sites for hydroxylation is 1. The zero-order valence-electron chi connectivity index (χ0n) is 16.5. The third kappa shape index (κ3) is 3.09. The van der Waals surface area contributed by atoms with Crippen molar-refractivity contribution in [3.63, 3.8) is 0 Å². The van der Waals surface area contributed by atoms with Gasteiger partial charge in [-0.2, -0.15) is 0 Å². The van der Waals surface area contributed by atoms with Crippen LogP contribution in [0.15, 0.2) is 34.2 Å². The van der Waals surface area contributed by atoms with Gasteiger partial charge in [-0.05, 0) is 52.2 Å². The molecule has 148 valence electrons. The summed E-state index contributed by atoms with van der Waals surface area (Å²) in [7, 11) is 0. The van der Waals surface area contributed by atoms with Crippen molar-refractivity contribution in [3.8, 4) is 0 Å². The third-order valence-electron chi connectivity index (χ3n) is 5.60. The molecule has 1 amide bonds. The minimum atomic E-state index is -0.0680. The second-order valence-corrected chi connectivity index (χ2v) is 8.35. The topological polar surface area (TPSA) is 72.5 Å². The van der Waals surface area contributed by atoms with Crippen molar-refractivity contribution < 1.29 is 4.79 Å². The highest BCUT2D eigenvalue weighted by molar-refractivity contribution is 7.99. The Morgan fingerprint density at radius 2 is 1.89 bits per heavy atom. The van der Waals surface area contributed by atoms with Crippen molar-refractivity contribution in [2.75, 3.05) is 5.75 Å². The fourth-order valence-corrected chi connectivity index (χ4v) is 5.04. The van der Waals surface area contributed by atoms with E-state index in [2.05, 4.69) is 24.0 Å². The summed E-state index contributed by atoms with van der Waals surface area (Å²) in [5.74, 6) is 0.963. The van der Waals surface area contributed by atoms with Gasteiger partial charge in [0.2, 0.25) is 11.7 Å². The van der Waals surface area contributed by atoms with Crippen molar-refractivity contribution in [1.29, 1.82) is 0 Å². The number of carbonyl (C=O) groups excluding carboxylic acids is 1. The number of rotatable bonds is 4. The second kappa shape index (κ2) is 7.58. The summed E-state index contributed by atoms with van der Waals surface area (Å²) in [6.07, 6.45) is 3.29. The molecule has 1 fully saturated rings. The number of benzene rings is 1. The van der Waals surface area contributed by atoms with E-state index in [1.54, 1.807) is 4.57 Å². The molecule has 0 unspecified atom stereocenters. The molecule has 2 aromatic heterocycles. The van der Waals surface area contributed by atoms with E-state index in [9.17, 15) is 9.59 Å². The lowest BCUT2D eigenvalue weighted by Crippen LogP contribution is -2.48. The number of aromatic nitrogens is 4. The first kappa shape index (κ1) is 19.0. The monoisotopic (exact) mass is 399 g/mol. The van der Waals surface area contributed by atoms with Crippen LogP contribution in [-0.4, -0.2) is 47.8 Å². The van der Waals surface area contributed by atoms with Crippen LogP contribution in [0.25, 0.3) is 16.7 Å². The molecular formula is C20H25N5O2S. The second-order valence-electron chi connectivity index (χ2n) is 7.40. The van der Waals surface area contributed by atoms with Crippen LogP contribution in [0.5, 0.6) is 0 Å². The number of hydrogen-bond acceptors (Lipinski definition) is 5. The van der Waals surface area contributed by atoms with Crippen LogP contribution in [0.1, 0.15) is 40.0 Å². The zero-order valence-corrected chi connectivity index (χ0v) is 17.3. The van der Waals surface area contributed by atoms with Crippen molar-refractivity contribution in [3.05, 3.63) is 34.6 Å². The number of piperidine rings is 1. The third-order valence-corrected chi connectivity index (χ3v) is 6.51. The maximum atomic E-state index is 12.9. The van der Waals surface area contributed by atoms with Crippen LogP contribution in [0, 0.1) is 0 Å². The van der Waals surface area contributed by atoms with Crippen LogP contribution < -0.4 is 5.56 Å². The average molecular weight is 400 g/mol. The fourth-order valence-electron chi connectivity index (χ4n) is 4.23. The lowest BCUT2D eigenvalue weighted by atomic mass is 9.98. The summed E-state index contributed by atoms with van der Waals surface area (Å²) < 4.78 is 3.51. The number of hydrogen-bond donors (Lipinski definition) is 0. The van der Waals surface area contributed by atoms with Crippen LogP contribution in [-0.2, 0) is 11.3 Å². The maximum absolute atomic E-state index is 12.9. The van der Waals surface area contributed by atoms with E-state index < -0.39 is 0 Å². The molecular weight excluding hydrogens is 374 g/mol. The summed E-state index contributed by atoms with van der Waals surface area (Å²) >= 11 is 1.39. The Morgan fingerprint density at radius 3 is 2.61 bits per heavy atom. The number of carbonyl (C=O) groups is 1. The van der Waals surface area contributed by atoms with E-state index in [1.165, 1.54) is 18.2 Å². The van der Waals surface area contributed by atoms with Crippen molar-refractivity contribution in [1.82, 2.24) is 24.1 Å². The smallest absolute Gasteiger partial charge is 0.262 e. The first-order valence-corrected chi connectivity index (χ1v) is 10.8. The molecule has 7 nitrogen and oxygen atoms in total. The van der Waals surface area contributed by atoms with Gasteiger partial charge in [0.05, 0.1) is 16.7 Å². The van der Waals surface area contributed by atoms with Crippen LogP contribution in [0.2, 0.25) is 0 Å². The minimum Gasteiger partial charge on any atom is -0.337 e. The SMILES string of the molecule is CCn1c(=O)c2ccccc2n2c(SCC(=O)N3[C@H](C)CCC[C@@H]3C)nnc12. The van der Waals surface area contributed by atoms with Crippen LogP contribution >= 0.6 is 11.8 Å². The molecule has 0 saturated carbocycles. The summed E-state index contributed by atoms with van der Waals surface area (Å²) in [5.41, 5.74) is 0.702. The minimum absolute atomic E-state index is 0.0680. The van der Waals surface area contributed by atoms with Gasteiger partial charge in [-0.25, -0.2) is 0 Å². The maximum Gasteiger partial charge on any atom is 0.262 e. The van der Waals surface area contributed by atoms with Crippen LogP contribution in [0.3, 0.4) is 0 Å². The highest BCUT2D eigenvalue weighted by Crippen LogP contribution is 2.26. The fraction of sp³-hybridized carbons (Fsp3) is 0.500. The highest BCUT2D eigenvalue weighted by Gasteiger charge is 2.29. The quantitative estimate of drug-likeness (QED) is 0.631. The number of amides is 1. The van der Waals surface area contributed by atoms with E-state index in [4.69, 9.17) is 0 Å². The largest absolute Gasteiger partial charge is 0.337 e.